The fourth-order valence-corrected chi connectivity index (χ4v) is 2.04. The van der Waals surface area contributed by atoms with Crippen molar-refractivity contribution >= 4 is 14.0 Å². The summed E-state index contributed by atoms with van der Waals surface area (Å²) in [6.45, 7) is 7.95. The van der Waals surface area contributed by atoms with Crippen molar-refractivity contribution in [3.8, 4) is 11.5 Å². The van der Waals surface area contributed by atoms with Crippen molar-refractivity contribution < 1.29 is 9.53 Å². The lowest BCUT2D eigenvalue weighted by Gasteiger charge is -2.12. The van der Waals surface area contributed by atoms with Crippen molar-refractivity contribution in [1.29, 1.82) is 0 Å². The molecule has 0 aliphatic rings. The Morgan fingerprint density at radius 3 is 2.39 bits per heavy atom. The van der Waals surface area contributed by atoms with Crippen LogP contribution in [0.15, 0.2) is 30.3 Å². The molecule has 0 saturated heterocycles. The molecule has 0 aromatic heterocycles. The summed E-state index contributed by atoms with van der Waals surface area (Å²) >= 11 is 0. The first-order valence-corrected chi connectivity index (χ1v) is 9.61. The second-order valence-electron chi connectivity index (χ2n) is 5.31. The van der Waals surface area contributed by atoms with Crippen LogP contribution in [0.2, 0.25) is 19.6 Å². The summed E-state index contributed by atoms with van der Waals surface area (Å²) in [7, 11) is -1.44. The molecular formula is C15H20O2Si. The quantitative estimate of drug-likeness (QED) is 0.474. The second kappa shape index (κ2) is 6.41. The molecule has 0 amide bonds. The molecular weight excluding hydrogens is 240 g/mol. The SMILES string of the molecule is CC(=O)OC(C#C[Si](C)(C)C)Cc1ccccc1. The fraction of sp³-hybridized carbons (Fsp3) is 0.400. The van der Waals surface area contributed by atoms with Gasteiger partial charge in [0.2, 0.25) is 0 Å². The van der Waals surface area contributed by atoms with Crippen molar-refractivity contribution in [1.82, 2.24) is 0 Å². The van der Waals surface area contributed by atoms with Gasteiger partial charge in [-0.15, -0.1) is 5.54 Å². The number of benzene rings is 1. The van der Waals surface area contributed by atoms with Gasteiger partial charge in [-0.2, -0.15) is 0 Å². The predicted molar refractivity (Wildman–Crippen MR) is 76.8 cm³/mol. The highest BCUT2D eigenvalue weighted by Gasteiger charge is 2.12. The van der Waals surface area contributed by atoms with Crippen molar-refractivity contribution in [3.63, 3.8) is 0 Å². The largest absolute Gasteiger partial charge is 0.449 e. The van der Waals surface area contributed by atoms with Gasteiger partial charge in [0, 0.05) is 13.3 Å². The standard InChI is InChI=1S/C15H20O2Si/c1-13(16)17-15(10-11-18(2,3)4)12-14-8-6-5-7-9-14/h5-9,15H,12H2,1-4H3. The molecule has 0 N–H and O–H groups in total. The normalized spacial score (nSPS) is 12.2. The molecule has 0 bridgehead atoms. The molecule has 0 aliphatic heterocycles. The topological polar surface area (TPSA) is 26.3 Å². The Hall–Kier alpha value is -1.53. The zero-order chi connectivity index (χ0) is 13.6. The van der Waals surface area contributed by atoms with E-state index in [4.69, 9.17) is 4.74 Å². The van der Waals surface area contributed by atoms with Crippen LogP contribution in [0, 0.1) is 11.5 Å². The van der Waals surface area contributed by atoms with Crippen LogP contribution in [0.3, 0.4) is 0 Å². The first kappa shape index (κ1) is 14.5. The minimum atomic E-state index is -1.44. The van der Waals surface area contributed by atoms with Crippen molar-refractivity contribution in [2.24, 2.45) is 0 Å². The van der Waals surface area contributed by atoms with Crippen LogP contribution in [0.4, 0.5) is 0 Å². The van der Waals surface area contributed by atoms with Gasteiger partial charge < -0.3 is 4.74 Å². The molecule has 0 heterocycles. The maximum Gasteiger partial charge on any atom is 0.303 e. The van der Waals surface area contributed by atoms with Crippen LogP contribution in [-0.4, -0.2) is 20.1 Å². The summed E-state index contributed by atoms with van der Waals surface area (Å²) in [6, 6.07) is 9.97. The van der Waals surface area contributed by atoms with E-state index in [-0.39, 0.29) is 12.1 Å². The summed E-state index contributed by atoms with van der Waals surface area (Å²) in [5, 5.41) is 0. The molecule has 96 valence electrons. The molecule has 0 aliphatic carbocycles. The maximum absolute atomic E-state index is 11.1. The van der Waals surface area contributed by atoms with Gasteiger partial charge in [0.25, 0.3) is 0 Å². The highest BCUT2D eigenvalue weighted by Crippen LogP contribution is 2.07. The van der Waals surface area contributed by atoms with E-state index in [1.807, 2.05) is 30.3 Å². The average Bonchev–Trinajstić information content (AvgIpc) is 2.25. The average molecular weight is 260 g/mol. The van der Waals surface area contributed by atoms with Crippen LogP contribution >= 0.6 is 0 Å². The van der Waals surface area contributed by atoms with Crippen molar-refractivity contribution in [2.45, 2.75) is 39.1 Å². The van der Waals surface area contributed by atoms with Crippen LogP contribution < -0.4 is 0 Å². The summed E-state index contributed by atoms with van der Waals surface area (Å²) < 4.78 is 5.26. The lowest BCUT2D eigenvalue weighted by atomic mass is 10.1. The lowest BCUT2D eigenvalue weighted by molar-refractivity contribution is -0.143. The smallest absolute Gasteiger partial charge is 0.303 e. The molecule has 2 nitrogen and oxygen atoms in total. The third-order valence-corrected chi connectivity index (χ3v) is 3.07. The van der Waals surface area contributed by atoms with Gasteiger partial charge in [0.1, 0.15) is 8.07 Å². The minimum absolute atomic E-state index is 0.277. The second-order valence-corrected chi connectivity index (χ2v) is 10.1. The molecule has 1 rings (SSSR count). The van der Waals surface area contributed by atoms with E-state index < -0.39 is 8.07 Å². The monoisotopic (exact) mass is 260 g/mol. The molecule has 18 heavy (non-hydrogen) atoms. The Labute approximate surface area is 110 Å². The number of esters is 1. The van der Waals surface area contributed by atoms with E-state index in [1.54, 1.807) is 0 Å². The molecule has 1 aromatic rings. The van der Waals surface area contributed by atoms with Crippen LogP contribution in [0.5, 0.6) is 0 Å². The van der Waals surface area contributed by atoms with E-state index in [0.29, 0.717) is 6.42 Å². The highest BCUT2D eigenvalue weighted by atomic mass is 28.3. The number of hydrogen-bond donors (Lipinski definition) is 0. The Morgan fingerprint density at radius 2 is 1.89 bits per heavy atom. The predicted octanol–water partition coefficient (Wildman–Crippen LogP) is 3.04. The first-order chi connectivity index (χ1) is 8.37. The summed E-state index contributed by atoms with van der Waals surface area (Å²) in [5.41, 5.74) is 4.39. The fourth-order valence-electron chi connectivity index (χ4n) is 1.45. The van der Waals surface area contributed by atoms with E-state index in [2.05, 4.69) is 31.1 Å². The van der Waals surface area contributed by atoms with Gasteiger partial charge >= 0.3 is 5.97 Å². The van der Waals surface area contributed by atoms with Crippen LogP contribution in [0.1, 0.15) is 12.5 Å². The van der Waals surface area contributed by atoms with Gasteiger partial charge in [0.15, 0.2) is 6.10 Å². The molecule has 0 fully saturated rings. The zero-order valence-corrected chi connectivity index (χ0v) is 12.5. The Morgan fingerprint density at radius 1 is 1.28 bits per heavy atom. The van der Waals surface area contributed by atoms with E-state index in [1.165, 1.54) is 6.92 Å². The third-order valence-electron chi connectivity index (χ3n) is 2.18. The van der Waals surface area contributed by atoms with Gasteiger partial charge in [-0.25, -0.2) is 0 Å². The summed E-state index contributed by atoms with van der Waals surface area (Å²) in [6.07, 6.45) is 0.314. The number of hydrogen-bond acceptors (Lipinski definition) is 2. The van der Waals surface area contributed by atoms with Crippen molar-refractivity contribution in [3.05, 3.63) is 35.9 Å². The van der Waals surface area contributed by atoms with E-state index >= 15 is 0 Å². The molecule has 1 aromatic carbocycles. The molecule has 0 spiro atoms. The number of carbonyl (C=O) groups excluding carboxylic acids is 1. The van der Waals surface area contributed by atoms with Crippen LogP contribution in [0.25, 0.3) is 0 Å². The van der Waals surface area contributed by atoms with Gasteiger partial charge in [0.05, 0.1) is 0 Å². The molecule has 3 heteroatoms. The maximum atomic E-state index is 11.1. The summed E-state index contributed by atoms with van der Waals surface area (Å²) in [4.78, 5) is 11.1. The van der Waals surface area contributed by atoms with Gasteiger partial charge in [-0.1, -0.05) is 55.9 Å². The van der Waals surface area contributed by atoms with Crippen molar-refractivity contribution in [2.75, 3.05) is 0 Å². The zero-order valence-electron chi connectivity index (χ0n) is 11.5. The van der Waals surface area contributed by atoms with Gasteiger partial charge in [-0.3, -0.25) is 4.79 Å². The van der Waals surface area contributed by atoms with Crippen LogP contribution in [-0.2, 0) is 16.0 Å². The number of rotatable bonds is 3. The highest BCUT2D eigenvalue weighted by molar-refractivity contribution is 6.83. The molecule has 0 radical (unpaired) electrons. The minimum Gasteiger partial charge on any atom is -0.449 e. The van der Waals surface area contributed by atoms with Gasteiger partial charge in [-0.05, 0) is 5.56 Å². The number of ether oxygens (including phenoxy) is 1. The molecule has 1 atom stereocenters. The lowest BCUT2D eigenvalue weighted by Crippen LogP contribution is -2.21. The first-order valence-electron chi connectivity index (χ1n) is 6.11. The Bertz CT molecular complexity index is 449. The Balaban J connectivity index is 2.78. The third kappa shape index (κ3) is 6.26. The molecule has 0 saturated carbocycles. The Kier molecular flexibility index (Phi) is 5.18. The number of carbonyl (C=O) groups is 1. The van der Waals surface area contributed by atoms with E-state index in [9.17, 15) is 4.79 Å². The summed E-state index contributed by atoms with van der Waals surface area (Å²) in [5.74, 6) is 2.83. The van der Waals surface area contributed by atoms with E-state index in [0.717, 1.165) is 5.56 Å². The molecule has 1 unspecified atom stereocenters.